The number of anilines is 1. The molecule has 0 unspecified atom stereocenters. The molecule has 0 saturated carbocycles. The minimum Gasteiger partial charge on any atom is -0.399 e. The highest BCUT2D eigenvalue weighted by Crippen LogP contribution is 2.26. The Morgan fingerprint density at radius 3 is 2.55 bits per heavy atom. The zero-order valence-electron chi connectivity index (χ0n) is 12.6. The molecule has 0 radical (unpaired) electrons. The maximum Gasteiger partial charge on any atom is 0.274 e. The molecule has 22 heavy (non-hydrogen) atoms. The van der Waals surface area contributed by atoms with Crippen LogP contribution in [0.3, 0.4) is 0 Å². The van der Waals surface area contributed by atoms with Crippen molar-refractivity contribution in [1.29, 1.82) is 0 Å². The molecule has 5 heteroatoms. The summed E-state index contributed by atoms with van der Waals surface area (Å²) >= 11 is 0. The first-order chi connectivity index (χ1) is 10.6. The minimum atomic E-state index is -0.0750. The lowest BCUT2D eigenvalue weighted by Crippen LogP contribution is -2.26. The number of nitrogens with two attached hydrogens (primary N) is 1. The number of aromatic nitrogens is 2. The van der Waals surface area contributed by atoms with Crippen molar-refractivity contribution in [2.24, 2.45) is 0 Å². The summed E-state index contributed by atoms with van der Waals surface area (Å²) in [5.41, 5.74) is 9.89. The number of carbonyl (C=O) groups excluding carboxylic acids is 1. The molecular weight excluding hydrogens is 276 g/mol. The van der Waals surface area contributed by atoms with Crippen molar-refractivity contribution in [3.05, 3.63) is 48.2 Å². The zero-order valence-corrected chi connectivity index (χ0v) is 12.6. The van der Waals surface area contributed by atoms with Crippen LogP contribution in [0.4, 0.5) is 5.69 Å². The van der Waals surface area contributed by atoms with Crippen LogP contribution in [0.1, 0.15) is 17.4 Å². The van der Waals surface area contributed by atoms with Gasteiger partial charge in [0.2, 0.25) is 0 Å². The van der Waals surface area contributed by atoms with Crippen molar-refractivity contribution in [3.8, 4) is 11.1 Å². The number of nitrogens with zero attached hydrogens (tertiary/aromatic N) is 2. The lowest BCUT2D eigenvalue weighted by atomic mass is 10.0. The molecule has 0 saturated heterocycles. The van der Waals surface area contributed by atoms with Crippen LogP contribution in [0.25, 0.3) is 22.0 Å². The molecular formula is C17H18N4O. The van der Waals surface area contributed by atoms with Gasteiger partial charge in [-0.1, -0.05) is 18.2 Å². The van der Waals surface area contributed by atoms with E-state index >= 15 is 0 Å². The number of aromatic amines is 1. The zero-order chi connectivity index (χ0) is 15.7. The van der Waals surface area contributed by atoms with E-state index in [4.69, 9.17) is 5.73 Å². The summed E-state index contributed by atoms with van der Waals surface area (Å²) in [6.45, 7) is 2.59. The Kier molecular flexibility index (Phi) is 3.55. The third kappa shape index (κ3) is 2.41. The average molecular weight is 294 g/mol. The van der Waals surface area contributed by atoms with Gasteiger partial charge in [0.25, 0.3) is 5.91 Å². The number of nitrogen functional groups attached to an aromatic ring is 1. The highest BCUT2D eigenvalue weighted by Gasteiger charge is 2.17. The van der Waals surface area contributed by atoms with Crippen LogP contribution in [0.15, 0.2) is 42.5 Å². The Labute approximate surface area is 128 Å². The maximum absolute atomic E-state index is 12.3. The van der Waals surface area contributed by atoms with E-state index in [0.717, 1.165) is 27.7 Å². The number of benzene rings is 2. The van der Waals surface area contributed by atoms with Gasteiger partial charge in [-0.05, 0) is 42.3 Å². The number of hydrogen-bond donors (Lipinski definition) is 2. The fourth-order valence-corrected chi connectivity index (χ4v) is 2.36. The van der Waals surface area contributed by atoms with Crippen molar-refractivity contribution in [2.45, 2.75) is 6.92 Å². The second kappa shape index (κ2) is 5.52. The van der Waals surface area contributed by atoms with Crippen molar-refractivity contribution in [1.82, 2.24) is 15.1 Å². The van der Waals surface area contributed by atoms with Gasteiger partial charge in [-0.15, -0.1) is 0 Å². The van der Waals surface area contributed by atoms with Crippen LogP contribution in [0.2, 0.25) is 0 Å². The number of carbonyl (C=O) groups is 1. The number of hydrogen-bond acceptors (Lipinski definition) is 3. The molecule has 3 aromatic rings. The van der Waals surface area contributed by atoms with Crippen LogP contribution in [-0.4, -0.2) is 34.6 Å². The molecule has 5 nitrogen and oxygen atoms in total. The summed E-state index contributed by atoms with van der Waals surface area (Å²) in [7, 11) is 1.77. The first kappa shape index (κ1) is 14.1. The third-order valence-corrected chi connectivity index (χ3v) is 3.83. The second-order valence-corrected chi connectivity index (χ2v) is 5.27. The maximum atomic E-state index is 12.3. The van der Waals surface area contributed by atoms with Crippen molar-refractivity contribution in [3.63, 3.8) is 0 Å². The van der Waals surface area contributed by atoms with Crippen LogP contribution in [-0.2, 0) is 0 Å². The van der Waals surface area contributed by atoms with Crippen LogP contribution in [0, 0.1) is 0 Å². The molecule has 1 aromatic heterocycles. The van der Waals surface area contributed by atoms with Crippen LogP contribution >= 0.6 is 0 Å². The van der Waals surface area contributed by atoms with E-state index in [0.29, 0.717) is 12.2 Å². The van der Waals surface area contributed by atoms with Gasteiger partial charge in [0.05, 0.1) is 5.52 Å². The largest absolute Gasteiger partial charge is 0.399 e. The first-order valence-corrected chi connectivity index (χ1v) is 7.19. The van der Waals surface area contributed by atoms with E-state index < -0.39 is 0 Å². The average Bonchev–Trinajstić information content (AvgIpc) is 2.97. The van der Waals surface area contributed by atoms with Gasteiger partial charge in [-0.2, -0.15) is 5.10 Å². The Balaban J connectivity index is 2.02. The Hall–Kier alpha value is -2.82. The van der Waals surface area contributed by atoms with Gasteiger partial charge in [-0.3, -0.25) is 9.89 Å². The van der Waals surface area contributed by atoms with Gasteiger partial charge >= 0.3 is 0 Å². The molecule has 112 valence electrons. The molecule has 3 N–H and O–H groups in total. The molecule has 0 bridgehead atoms. The molecule has 3 rings (SSSR count). The predicted molar refractivity (Wildman–Crippen MR) is 88.6 cm³/mol. The van der Waals surface area contributed by atoms with Crippen molar-refractivity contribution in [2.75, 3.05) is 19.3 Å². The summed E-state index contributed by atoms with van der Waals surface area (Å²) in [5, 5.41) is 7.96. The van der Waals surface area contributed by atoms with Crippen LogP contribution in [0.5, 0.6) is 0 Å². The molecule has 2 aromatic carbocycles. The molecule has 1 amide bonds. The van der Waals surface area contributed by atoms with E-state index in [9.17, 15) is 4.79 Å². The van der Waals surface area contributed by atoms with Gasteiger partial charge in [0.1, 0.15) is 0 Å². The fraction of sp³-hybridized carbons (Fsp3) is 0.176. The van der Waals surface area contributed by atoms with E-state index in [1.807, 2.05) is 49.4 Å². The van der Waals surface area contributed by atoms with Gasteiger partial charge in [0.15, 0.2) is 5.69 Å². The first-order valence-electron chi connectivity index (χ1n) is 7.19. The van der Waals surface area contributed by atoms with Crippen molar-refractivity contribution >= 4 is 22.5 Å². The number of fused-ring (bicyclic) bond motifs is 1. The van der Waals surface area contributed by atoms with Gasteiger partial charge in [-0.25, -0.2) is 0 Å². The topological polar surface area (TPSA) is 75.0 Å². The standard InChI is InChI=1S/C17H18N4O/c1-3-21(2)17(22)16-14-9-6-12(10-15(14)19-20-16)11-4-7-13(18)8-5-11/h4-10H,3,18H2,1-2H3,(H,19,20). The van der Waals surface area contributed by atoms with Crippen molar-refractivity contribution < 1.29 is 4.79 Å². The highest BCUT2D eigenvalue weighted by molar-refractivity contribution is 6.05. The normalized spacial score (nSPS) is 10.8. The molecule has 0 fully saturated rings. The quantitative estimate of drug-likeness (QED) is 0.729. The van der Waals surface area contributed by atoms with E-state index in [1.165, 1.54) is 0 Å². The van der Waals surface area contributed by atoms with Gasteiger partial charge in [0, 0.05) is 24.7 Å². The summed E-state index contributed by atoms with van der Waals surface area (Å²) in [4.78, 5) is 13.9. The predicted octanol–water partition coefficient (Wildman–Crippen LogP) is 2.90. The van der Waals surface area contributed by atoms with Gasteiger partial charge < -0.3 is 10.6 Å². The molecule has 0 atom stereocenters. The smallest absolute Gasteiger partial charge is 0.274 e. The molecule has 0 aliphatic rings. The minimum absolute atomic E-state index is 0.0750. The number of amides is 1. The SMILES string of the molecule is CCN(C)C(=O)c1n[nH]c2cc(-c3ccc(N)cc3)ccc12. The molecule has 0 spiro atoms. The summed E-state index contributed by atoms with van der Waals surface area (Å²) in [6.07, 6.45) is 0. The Bertz CT molecular complexity index is 820. The van der Waals surface area contributed by atoms with E-state index in [1.54, 1.807) is 11.9 Å². The molecule has 0 aliphatic heterocycles. The molecule has 0 aliphatic carbocycles. The lowest BCUT2D eigenvalue weighted by Gasteiger charge is -2.12. The second-order valence-electron chi connectivity index (χ2n) is 5.27. The van der Waals surface area contributed by atoms with Crippen LogP contribution < -0.4 is 5.73 Å². The Morgan fingerprint density at radius 1 is 1.18 bits per heavy atom. The summed E-state index contributed by atoms with van der Waals surface area (Å²) in [5.74, 6) is -0.0750. The third-order valence-electron chi connectivity index (χ3n) is 3.83. The fourth-order valence-electron chi connectivity index (χ4n) is 2.36. The number of nitrogens with one attached hydrogen (secondary N) is 1. The van der Waals surface area contributed by atoms with E-state index in [-0.39, 0.29) is 5.91 Å². The molecule has 1 heterocycles. The lowest BCUT2D eigenvalue weighted by molar-refractivity contribution is 0.0798. The number of H-pyrrole nitrogens is 1. The summed E-state index contributed by atoms with van der Waals surface area (Å²) in [6, 6.07) is 13.6. The monoisotopic (exact) mass is 294 g/mol. The summed E-state index contributed by atoms with van der Waals surface area (Å²) < 4.78 is 0. The number of rotatable bonds is 3. The van der Waals surface area contributed by atoms with E-state index in [2.05, 4.69) is 10.2 Å². The Morgan fingerprint density at radius 2 is 1.86 bits per heavy atom. The highest BCUT2D eigenvalue weighted by atomic mass is 16.2.